The summed E-state index contributed by atoms with van der Waals surface area (Å²) >= 11 is 0. The number of aromatic nitrogens is 1. The number of rotatable bonds is 5. The molecule has 0 spiro atoms. The van der Waals surface area contributed by atoms with Gasteiger partial charge in [0, 0.05) is 43.9 Å². The number of aryl methyl sites for hydroxylation is 1. The first kappa shape index (κ1) is 21.4. The zero-order valence-electron chi connectivity index (χ0n) is 18.6. The maximum absolute atomic E-state index is 12.6. The molecule has 0 unspecified atom stereocenters. The molecule has 7 heteroatoms. The Labute approximate surface area is 183 Å². The number of ether oxygens (including phenoxy) is 1. The molecule has 0 atom stereocenters. The molecule has 164 valence electrons. The summed E-state index contributed by atoms with van der Waals surface area (Å²) in [6, 6.07) is 5.86. The van der Waals surface area contributed by atoms with Crippen molar-refractivity contribution in [1.29, 1.82) is 5.26 Å². The third-order valence-electron chi connectivity index (χ3n) is 6.17. The summed E-state index contributed by atoms with van der Waals surface area (Å²) in [5, 5.41) is 10.1. The molecule has 0 N–H and O–H groups in total. The van der Waals surface area contributed by atoms with Gasteiger partial charge in [-0.25, -0.2) is 4.98 Å². The molecular formula is C24H30N4O3. The van der Waals surface area contributed by atoms with Gasteiger partial charge in [-0.1, -0.05) is 13.3 Å². The second-order valence-electron chi connectivity index (χ2n) is 8.91. The van der Waals surface area contributed by atoms with E-state index in [9.17, 15) is 10.1 Å². The van der Waals surface area contributed by atoms with Crippen LogP contribution in [0.1, 0.15) is 66.6 Å². The summed E-state index contributed by atoms with van der Waals surface area (Å²) in [6.07, 6.45) is 5.25. The van der Waals surface area contributed by atoms with Crippen LogP contribution in [0.4, 0.5) is 5.82 Å². The number of nitrogens with zero attached hydrogens (tertiary/aromatic N) is 4. The van der Waals surface area contributed by atoms with E-state index in [4.69, 9.17) is 14.1 Å². The summed E-state index contributed by atoms with van der Waals surface area (Å²) in [5.41, 5.74) is 3.60. The number of furan rings is 1. The molecule has 4 heterocycles. The van der Waals surface area contributed by atoms with E-state index in [0.717, 1.165) is 41.9 Å². The number of unbranched alkanes of at least 4 members (excludes halogenated alkanes) is 1. The highest BCUT2D eigenvalue weighted by Gasteiger charge is 2.33. The van der Waals surface area contributed by atoms with E-state index in [0.29, 0.717) is 50.5 Å². The van der Waals surface area contributed by atoms with Crippen LogP contribution in [0.25, 0.3) is 0 Å². The number of amides is 1. The topological polar surface area (TPSA) is 82.6 Å². The minimum atomic E-state index is -0.298. The number of carbonyl (C=O) groups excluding carboxylic acids is 1. The highest BCUT2D eigenvalue weighted by atomic mass is 16.5. The summed E-state index contributed by atoms with van der Waals surface area (Å²) in [5.74, 6) is 1.03. The van der Waals surface area contributed by atoms with Crippen LogP contribution in [-0.4, -0.2) is 47.6 Å². The van der Waals surface area contributed by atoms with Gasteiger partial charge in [0.2, 0.25) is 0 Å². The van der Waals surface area contributed by atoms with E-state index >= 15 is 0 Å². The van der Waals surface area contributed by atoms with Gasteiger partial charge >= 0.3 is 0 Å². The maximum atomic E-state index is 12.6. The highest BCUT2D eigenvalue weighted by Crippen LogP contribution is 2.36. The number of fused-ring (bicyclic) bond motifs is 1. The van der Waals surface area contributed by atoms with E-state index in [1.807, 2.05) is 0 Å². The first-order valence-electron chi connectivity index (χ1n) is 11.1. The molecule has 0 saturated carbocycles. The predicted molar refractivity (Wildman–Crippen MR) is 117 cm³/mol. The molecule has 7 nitrogen and oxygen atoms in total. The lowest BCUT2D eigenvalue weighted by atomic mass is 9.87. The van der Waals surface area contributed by atoms with Gasteiger partial charge in [0.25, 0.3) is 5.91 Å². The van der Waals surface area contributed by atoms with Crippen molar-refractivity contribution in [3.8, 4) is 6.07 Å². The summed E-state index contributed by atoms with van der Waals surface area (Å²) in [7, 11) is 0. The fourth-order valence-electron chi connectivity index (χ4n) is 4.40. The van der Waals surface area contributed by atoms with Crippen molar-refractivity contribution in [2.75, 3.05) is 31.1 Å². The normalized spacial score (nSPS) is 17.9. The Morgan fingerprint density at radius 3 is 2.68 bits per heavy atom. The summed E-state index contributed by atoms with van der Waals surface area (Å²) in [6.45, 7) is 9.24. The van der Waals surface area contributed by atoms with Crippen molar-refractivity contribution >= 4 is 11.7 Å². The van der Waals surface area contributed by atoms with Crippen molar-refractivity contribution in [3.63, 3.8) is 0 Å². The highest BCUT2D eigenvalue weighted by molar-refractivity contribution is 5.91. The van der Waals surface area contributed by atoms with Crippen molar-refractivity contribution < 1.29 is 13.9 Å². The lowest BCUT2D eigenvalue weighted by Crippen LogP contribution is -2.49. The average Bonchev–Trinajstić information content (AvgIpc) is 3.31. The van der Waals surface area contributed by atoms with Crippen molar-refractivity contribution in [3.05, 3.63) is 46.5 Å². The Hall–Kier alpha value is -2.85. The van der Waals surface area contributed by atoms with Crippen LogP contribution in [0.2, 0.25) is 0 Å². The number of carbonyl (C=O) groups is 1. The molecule has 31 heavy (non-hydrogen) atoms. The van der Waals surface area contributed by atoms with Crippen LogP contribution in [0.3, 0.4) is 0 Å². The Bertz CT molecular complexity index is 983. The number of nitriles is 1. The molecule has 1 saturated heterocycles. The van der Waals surface area contributed by atoms with Gasteiger partial charge in [0.1, 0.15) is 11.9 Å². The van der Waals surface area contributed by atoms with Crippen LogP contribution in [-0.2, 0) is 24.2 Å². The van der Waals surface area contributed by atoms with Gasteiger partial charge in [-0.15, -0.1) is 0 Å². The van der Waals surface area contributed by atoms with Crippen LogP contribution >= 0.6 is 0 Å². The summed E-state index contributed by atoms with van der Waals surface area (Å²) < 4.78 is 11.3. The summed E-state index contributed by atoms with van der Waals surface area (Å²) in [4.78, 5) is 21.5. The van der Waals surface area contributed by atoms with Crippen LogP contribution in [0, 0.1) is 11.3 Å². The largest absolute Gasteiger partial charge is 0.459 e. The second kappa shape index (κ2) is 8.72. The molecule has 4 rings (SSSR count). The first-order chi connectivity index (χ1) is 14.9. The molecule has 1 fully saturated rings. The Morgan fingerprint density at radius 2 is 2.03 bits per heavy atom. The number of piperazine rings is 1. The first-order valence-corrected chi connectivity index (χ1v) is 11.1. The van der Waals surface area contributed by atoms with Gasteiger partial charge in [-0.3, -0.25) is 4.79 Å². The molecule has 1 amide bonds. The van der Waals surface area contributed by atoms with Gasteiger partial charge in [-0.2, -0.15) is 5.26 Å². The minimum Gasteiger partial charge on any atom is -0.459 e. The smallest absolute Gasteiger partial charge is 0.289 e. The van der Waals surface area contributed by atoms with Gasteiger partial charge in [-0.05, 0) is 44.4 Å². The van der Waals surface area contributed by atoms with Crippen molar-refractivity contribution in [2.24, 2.45) is 0 Å². The SMILES string of the molecule is CCCCc1nc(N2CCN(C(=O)c3ccco3)CC2)c(C#N)c2c1COC(C)(C)C2. The molecule has 2 aromatic heterocycles. The standard InChI is InChI=1S/C24H30N4O3/c1-4-5-7-20-19-16-31-24(2,3)14-17(19)18(15-25)22(26-20)27-9-11-28(12-10-27)23(29)21-8-6-13-30-21/h6,8,13H,4-5,7,9-12,14,16H2,1-3H3. The molecule has 0 radical (unpaired) electrons. The lowest BCUT2D eigenvalue weighted by molar-refractivity contribution is -0.0407. The van der Waals surface area contributed by atoms with Gasteiger partial charge in [0.05, 0.1) is 24.0 Å². The Balaban J connectivity index is 1.62. The predicted octanol–water partition coefficient (Wildman–Crippen LogP) is 3.70. The minimum absolute atomic E-state index is 0.0916. The molecule has 2 aromatic rings. The second-order valence-corrected chi connectivity index (χ2v) is 8.91. The molecule has 0 bridgehead atoms. The number of hydrogen-bond donors (Lipinski definition) is 0. The maximum Gasteiger partial charge on any atom is 0.289 e. The van der Waals surface area contributed by atoms with Gasteiger partial charge < -0.3 is 19.0 Å². The van der Waals surface area contributed by atoms with Crippen LogP contribution in [0.5, 0.6) is 0 Å². The fourth-order valence-corrected chi connectivity index (χ4v) is 4.40. The molecular weight excluding hydrogens is 392 g/mol. The molecule has 0 aromatic carbocycles. The Kier molecular flexibility index (Phi) is 6.01. The zero-order valence-corrected chi connectivity index (χ0v) is 18.6. The van der Waals surface area contributed by atoms with E-state index < -0.39 is 0 Å². The molecule has 0 aliphatic carbocycles. The van der Waals surface area contributed by atoms with E-state index in [1.165, 1.54) is 6.26 Å². The lowest BCUT2D eigenvalue weighted by Gasteiger charge is -2.38. The number of pyridine rings is 1. The third kappa shape index (κ3) is 4.31. The molecule has 2 aliphatic heterocycles. The van der Waals surface area contributed by atoms with E-state index in [-0.39, 0.29) is 11.5 Å². The molecule has 2 aliphatic rings. The van der Waals surface area contributed by atoms with Crippen LogP contribution in [0.15, 0.2) is 22.8 Å². The van der Waals surface area contributed by atoms with E-state index in [1.54, 1.807) is 17.0 Å². The Morgan fingerprint density at radius 1 is 1.26 bits per heavy atom. The van der Waals surface area contributed by atoms with Crippen molar-refractivity contribution in [2.45, 2.75) is 58.7 Å². The van der Waals surface area contributed by atoms with Crippen LogP contribution < -0.4 is 4.90 Å². The fraction of sp³-hybridized carbons (Fsp3) is 0.542. The third-order valence-corrected chi connectivity index (χ3v) is 6.17. The number of hydrogen-bond acceptors (Lipinski definition) is 6. The van der Waals surface area contributed by atoms with E-state index in [2.05, 4.69) is 31.7 Å². The average molecular weight is 423 g/mol. The van der Waals surface area contributed by atoms with Crippen molar-refractivity contribution in [1.82, 2.24) is 9.88 Å². The zero-order chi connectivity index (χ0) is 22.0. The van der Waals surface area contributed by atoms with Gasteiger partial charge in [0.15, 0.2) is 5.76 Å². The number of anilines is 1. The monoisotopic (exact) mass is 422 g/mol. The quantitative estimate of drug-likeness (QED) is 0.731.